The minimum Gasteiger partial charge on any atom is -0.454 e. The van der Waals surface area contributed by atoms with Gasteiger partial charge in [0.05, 0.1) is 35.3 Å². The van der Waals surface area contributed by atoms with E-state index >= 15 is 0 Å². The van der Waals surface area contributed by atoms with Gasteiger partial charge in [-0.3, -0.25) is 18.9 Å². The molecule has 60 heavy (non-hydrogen) atoms. The van der Waals surface area contributed by atoms with Gasteiger partial charge in [0.15, 0.2) is 0 Å². The van der Waals surface area contributed by atoms with Gasteiger partial charge in [0.2, 0.25) is 0 Å². The lowest BCUT2D eigenvalue weighted by molar-refractivity contribution is 0.0274. The summed E-state index contributed by atoms with van der Waals surface area (Å²) in [6.45, 7) is 16.8. The molecular weight excluding hydrogens is 792 g/mol. The number of aromatic amines is 2. The maximum Gasteiger partial charge on any atom is 0.410 e. The van der Waals surface area contributed by atoms with Gasteiger partial charge in [0, 0.05) is 88.1 Å². The smallest absolute Gasteiger partial charge is 0.410 e. The van der Waals surface area contributed by atoms with Crippen molar-refractivity contribution in [3.63, 3.8) is 0 Å². The van der Waals surface area contributed by atoms with E-state index in [2.05, 4.69) is 24.5 Å². The van der Waals surface area contributed by atoms with Crippen molar-refractivity contribution in [1.82, 2.24) is 38.7 Å². The standard InChI is InChI=1S/C21H30N4O3.C19H26N4O3.C3H5ClO2/c1-21(2,3)28-20(27)24-13-10-16(14-24)23-11-8-15(9-12-23)25-18-7-5-4-6-17(18)22-19(25)26;1-2-26-19(25)22-12-9-15(13-22)21-10-7-14(8-11-21)23-17-6-4-3-5-16(17)20-18(23)24;1-2-6-3(4)5/h4-7,15-16H,8-14H2,1-3H3,(H,22,26);3-6,14-15H,2,7-13H2,1H3,(H,20,24);2H2,1H3/t16-;15-;/m00./s1. The van der Waals surface area contributed by atoms with Gasteiger partial charge < -0.3 is 34.0 Å². The van der Waals surface area contributed by atoms with Crippen LogP contribution in [0.5, 0.6) is 0 Å². The molecule has 2 amide bonds. The van der Waals surface area contributed by atoms with Crippen LogP contribution in [-0.2, 0) is 14.2 Å². The Kier molecular flexibility index (Phi) is 15.0. The van der Waals surface area contributed by atoms with Crippen LogP contribution in [0.2, 0.25) is 0 Å². The summed E-state index contributed by atoms with van der Waals surface area (Å²) >= 11 is 4.72. The third-order valence-corrected chi connectivity index (χ3v) is 11.9. The van der Waals surface area contributed by atoms with Gasteiger partial charge in [0.1, 0.15) is 5.60 Å². The summed E-state index contributed by atoms with van der Waals surface area (Å²) in [5.41, 5.74) is 2.56. The number of ether oxygens (including phenoxy) is 3. The Bertz CT molecular complexity index is 2180. The van der Waals surface area contributed by atoms with Gasteiger partial charge in [-0.15, -0.1) is 0 Å². The number of amides is 2. The SMILES string of the molecule is CC(C)(C)OC(=O)N1CC[C@H](N2CCC(n3c(=O)[nH]c4ccccc43)CC2)C1.CCOC(=O)Cl.CCOC(=O)N1CC[C@H](N2CCC(n3c(=O)[nH]c4ccccc43)CC2)C1. The minimum absolute atomic E-state index is 0.0148. The Labute approximate surface area is 355 Å². The van der Waals surface area contributed by atoms with E-state index in [-0.39, 0.29) is 35.6 Å². The topological polar surface area (TPSA) is 167 Å². The van der Waals surface area contributed by atoms with Crippen molar-refractivity contribution in [2.75, 3.05) is 65.6 Å². The number of carbonyl (C=O) groups excluding carboxylic acids is 3. The molecule has 17 heteroatoms. The van der Waals surface area contributed by atoms with Crippen LogP contribution in [0, 0.1) is 0 Å². The van der Waals surface area contributed by atoms with Crippen LogP contribution < -0.4 is 11.4 Å². The lowest BCUT2D eigenvalue weighted by atomic mass is 10.0. The number of piperidine rings is 2. The average Bonchev–Trinajstić information content (AvgIpc) is 4.03. The first-order chi connectivity index (χ1) is 28.8. The van der Waals surface area contributed by atoms with Crippen molar-refractivity contribution >= 4 is 51.3 Å². The highest BCUT2D eigenvalue weighted by Gasteiger charge is 2.36. The number of para-hydroxylation sites is 4. The molecule has 8 rings (SSSR count). The molecule has 4 aromatic rings. The minimum atomic E-state index is -0.738. The first-order valence-corrected chi connectivity index (χ1v) is 21.7. The number of benzene rings is 2. The number of hydrogen-bond acceptors (Lipinski definition) is 10. The summed E-state index contributed by atoms with van der Waals surface area (Å²) in [5, 5.41) is 0. The number of H-pyrrole nitrogens is 2. The average molecular weight is 853 g/mol. The fourth-order valence-corrected chi connectivity index (χ4v) is 9.07. The highest BCUT2D eigenvalue weighted by atomic mass is 35.5. The summed E-state index contributed by atoms with van der Waals surface area (Å²) in [7, 11) is 0. The van der Waals surface area contributed by atoms with Crippen molar-refractivity contribution in [3.05, 3.63) is 69.5 Å². The van der Waals surface area contributed by atoms with Crippen molar-refractivity contribution in [3.8, 4) is 0 Å². The summed E-state index contributed by atoms with van der Waals surface area (Å²) < 4.78 is 18.6. The molecule has 0 saturated carbocycles. The molecule has 2 atom stereocenters. The molecule has 2 N–H and O–H groups in total. The Morgan fingerprint density at radius 2 is 1.02 bits per heavy atom. The van der Waals surface area contributed by atoms with Gasteiger partial charge in [-0.1, -0.05) is 24.3 Å². The third-order valence-electron chi connectivity index (χ3n) is 11.8. The Morgan fingerprint density at radius 1 is 0.617 bits per heavy atom. The van der Waals surface area contributed by atoms with E-state index in [1.54, 1.807) is 6.92 Å². The number of carbonyl (C=O) groups is 3. The van der Waals surface area contributed by atoms with Crippen LogP contribution >= 0.6 is 11.6 Å². The third kappa shape index (κ3) is 11.1. The molecule has 4 aliphatic heterocycles. The van der Waals surface area contributed by atoms with E-state index in [9.17, 15) is 24.0 Å². The van der Waals surface area contributed by atoms with Crippen molar-refractivity contribution < 1.29 is 28.6 Å². The molecule has 4 saturated heterocycles. The summed E-state index contributed by atoms with van der Waals surface area (Å²) in [4.78, 5) is 73.1. The molecule has 0 radical (unpaired) electrons. The molecule has 4 aliphatic rings. The quantitative estimate of drug-likeness (QED) is 0.160. The normalized spacial score (nSPS) is 20.7. The fraction of sp³-hybridized carbons (Fsp3) is 0.605. The molecule has 0 aliphatic carbocycles. The lowest BCUT2D eigenvalue weighted by Crippen LogP contribution is -2.45. The second kappa shape index (κ2) is 20.2. The zero-order chi connectivity index (χ0) is 43.0. The van der Waals surface area contributed by atoms with Gasteiger partial charge >= 0.3 is 29.0 Å². The van der Waals surface area contributed by atoms with Crippen molar-refractivity contribution in [1.29, 1.82) is 0 Å². The molecule has 2 aromatic heterocycles. The van der Waals surface area contributed by atoms with E-state index in [0.717, 1.165) is 113 Å². The van der Waals surface area contributed by atoms with Gasteiger partial charge in [-0.2, -0.15) is 0 Å². The van der Waals surface area contributed by atoms with E-state index in [4.69, 9.17) is 21.1 Å². The monoisotopic (exact) mass is 852 g/mol. The number of likely N-dealkylation sites (tertiary alicyclic amines) is 4. The first kappa shape index (κ1) is 44.7. The van der Waals surface area contributed by atoms with Crippen LogP contribution in [0.1, 0.15) is 85.2 Å². The van der Waals surface area contributed by atoms with Crippen LogP contribution in [0.3, 0.4) is 0 Å². The number of rotatable bonds is 6. The molecule has 0 unspecified atom stereocenters. The summed E-state index contributed by atoms with van der Waals surface area (Å²) in [5.74, 6) is 0. The van der Waals surface area contributed by atoms with Crippen LogP contribution in [0.25, 0.3) is 22.1 Å². The summed E-state index contributed by atoms with van der Waals surface area (Å²) in [6.07, 6.45) is 5.38. The lowest BCUT2D eigenvalue weighted by Gasteiger charge is -2.36. The highest BCUT2D eigenvalue weighted by Crippen LogP contribution is 2.30. The largest absolute Gasteiger partial charge is 0.454 e. The second-order valence-corrected chi connectivity index (χ2v) is 17.1. The molecule has 0 bridgehead atoms. The molecule has 328 valence electrons. The summed E-state index contributed by atoms with van der Waals surface area (Å²) in [6, 6.07) is 17.0. The molecule has 2 aromatic carbocycles. The van der Waals surface area contributed by atoms with Crippen LogP contribution in [0.15, 0.2) is 58.1 Å². The number of fused-ring (bicyclic) bond motifs is 2. The number of aromatic nitrogens is 4. The van der Waals surface area contributed by atoms with E-state index in [1.165, 1.54) is 0 Å². The van der Waals surface area contributed by atoms with Crippen LogP contribution in [-0.4, -0.2) is 140 Å². The number of hydrogen-bond donors (Lipinski definition) is 2. The van der Waals surface area contributed by atoms with Crippen molar-refractivity contribution in [2.45, 2.75) is 103 Å². The first-order valence-electron chi connectivity index (χ1n) is 21.3. The van der Waals surface area contributed by atoms with Gasteiger partial charge in [0.25, 0.3) is 0 Å². The Morgan fingerprint density at radius 3 is 1.40 bits per heavy atom. The number of nitrogens with one attached hydrogen (secondary N) is 2. The molecular formula is C43H61ClN8O8. The molecule has 4 fully saturated rings. The molecule has 16 nitrogen and oxygen atoms in total. The molecule has 6 heterocycles. The predicted octanol–water partition coefficient (Wildman–Crippen LogP) is 6.55. The fourth-order valence-electron chi connectivity index (χ4n) is 8.96. The van der Waals surface area contributed by atoms with Gasteiger partial charge in [-0.25, -0.2) is 24.0 Å². The Balaban J connectivity index is 0.000000178. The van der Waals surface area contributed by atoms with Crippen molar-refractivity contribution in [2.24, 2.45) is 0 Å². The van der Waals surface area contributed by atoms with E-state index in [1.807, 2.05) is 95.2 Å². The van der Waals surface area contributed by atoms with E-state index < -0.39 is 11.0 Å². The number of nitrogens with zero attached hydrogens (tertiary/aromatic N) is 6. The van der Waals surface area contributed by atoms with E-state index in [0.29, 0.717) is 25.3 Å². The van der Waals surface area contributed by atoms with Gasteiger partial charge in [-0.05, 0) is 97.4 Å². The number of halogens is 1. The maximum absolute atomic E-state index is 12.4. The molecule has 0 spiro atoms. The van der Waals surface area contributed by atoms with Crippen LogP contribution in [0.4, 0.5) is 14.4 Å². The predicted molar refractivity (Wildman–Crippen MR) is 231 cm³/mol. The second-order valence-electron chi connectivity index (χ2n) is 16.8. The number of imidazole rings is 2. The highest BCUT2D eigenvalue weighted by molar-refractivity contribution is 6.61. The zero-order valence-corrected chi connectivity index (χ0v) is 36.3. The zero-order valence-electron chi connectivity index (χ0n) is 35.6. The Hall–Kier alpha value is -4.80. The maximum atomic E-state index is 12.4.